The minimum atomic E-state index is -0.135. The van der Waals surface area contributed by atoms with Crippen LogP contribution in [0.4, 0.5) is 5.69 Å². The summed E-state index contributed by atoms with van der Waals surface area (Å²) in [4.78, 5) is 16.4. The first-order valence-corrected chi connectivity index (χ1v) is 8.15. The summed E-state index contributed by atoms with van der Waals surface area (Å²) in [5.41, 5.74) is 2.30. The smallest absolute Gasteiger partial charge is 0.251 e. The van der Waals surface area contributed by atoms with Gasteiger partial charge in [-0.3, -0.25) is 10.1 Å². The van der Waals surface area contributed by atoms with Gasteiger partial charge in [-0.1, -0.05) is 42.1 Å². The number of hydrogen-bond acceptors (Lipinski definition) is 4. The van der Waals surface area contributed by atoms with Crippen LogP contribution in [0.25, 0.3) is 0 Å². The van der Waals surface area contributed by atoms with Gasteiger partial charge in [0.1, 0.15) is 0 Å². The van der Waals surface area contributed by atoms with Gasteiger partial charge in [-0.2, -0.15) is 5.26 Å². The van der Waals surface area contributed by atoms with Crippen LogP contribution in [-0.2, 0) is 6.54 Å². The van der Waals surface area contributed by atoms with Crippen LogP contribution in [0.3, 0.4) is 0 Å². The molecule has 0 radical (unpaired) electrons. The lowest BCUT2D eigenvalue weighted by Crippen LogP contribution is -2.22. The van der Waals surface area contributed by atoms with E-state index < -0.39 is 0 Å². The molecule has 2 N–H and O–H groups in total. The van der Waals surface area contributed by atoms with Crippen LogP contribution in [0.5, 0.6) is 0 Å². The second-order valence-electron chi connectivity index (χ2n) is 4.57. The Kier molecular flexibility index (Phi) is 6.21. The number of amidine groups is 1. The van der Waals surface area contributed by atoms with Crippen molar-refractivity contribution >= 4 is 28.5 Å². The summed E-state index contributed by atoms with van der Waals surface area (Å²) in [5.74, 6) is -0.135. The summed E-state index contributed by atoms with van der Waals surface area (Å²) in [6.45, 7) is 0.488. The lowest BCUT2D eigenvalue weighted by molar-refractivity contribution is 0.0951. The highest BCUT2D eigenvalue weighted by molar-refractivity contribution is 8.13. The van der Waals surface area contributed by atoms with Gasteiger partial charge in [-0.05, 0) is 36.1 Å². The molecule has 2 aromatic rings. The van der Waals surface area contributed by atoms with Crippen molar-refractivity contribution in [1.82, 2.24) is 10.6 Å². The quantitative estimate of drug-likeness (QED) is 0.392. The van der Waals surface area contributed by atoms with E-state index in [1.54, 1.807) is 24.3 Å². The van der Waals surface area contributed by atoms with E-state index in [2.05, 4.69) is 15.6 Å². The summed E-state index contributed by atoms with van der Waals surface area (Å²) >= 11 is 1.34. The van der Waals surface area contributed by atoms with E-state index in [4.69, 9.17) is 5.26 Å². The van der Waals surface area contributed by atoms with Crippen molar-refractivity contribution in [2.24, 2.45) is 4.99 Å². The van der Waals surface area contributed by atoms with Gasteiger partial charge in [-0.15, -0.1) is 0 Å². The number of carbonyl (C=O) groups is 1. The fourth-order valence-electron chi connectivity index (χ4n) is 1.86. The first-order chi connectivity index (χ1) is 11.2. The van der Waals surface area contributed by atoms with Gasteiger partial charge < -0.3 is 5.32 Å². The Balaban J connectivity index is 1.99. The van der Waals surface area contributed by atoms with Crippen LogP contribution < -0.4 is 10.6 Å². The molecule has 2 rings (SSSR count). The Morgan fingerprint density at radius 1 is 1.17 bits per heavy atom. The molecule has 0 aliphatic carbocycles. The molecule has 5 nitrogen and oxygen atoms in total. The van der Waals surface area contributed by atoms with Gasteiger partial charge in [0.2, 0.25) is 0 Å². The highest BCUT2D eigenvalue weighted by Crippen LogP contribution is 2.15. The molecule has 6 heteroatoms. The van der Waals surface area contributed by atoms with Gasteiger partial charge in [0, 0.05) is 12.1 Å². The van der Waals surface area contributed by atoms with Gasteiger partial charge in [0.25, 0.3) is 5.91 Å². The van der Waals surface area contributed by atoms with E-state index in [0.29, 0.717) is 23.0 Å². The van der Waals surface area contributed by atoms with Crippen molar-refractivity contribution < 1.29 is 4.79 Å². The number of nitrogens with one attached hydrogen (secondary N) is 2. The van der Waals surface area contributed by atoms with Crippen LogP contribution in [0.2, 0.25) is 0 Å². The molecular weight excluding hydrogens is 308 g/mol. The molecule has 0 atom stereocenters. The molecule has 0 aliphatic rings. The number of nitriles is 1. The highest BCUT2D eigenvalue weighted by atomic mass is 32.2. The SMILES string of the molecule is CSC(=Nc1ccc(C(=O)NCc2ccccc2)cc1)NC#N. The molecule has 0 saturated heterocycles. The first-order valence-electron chi connectivity index (χ1n) is 6.93. The van der Waals surface area contributed by atoms with Crippen molar-refractivity contribution in [3.8, 4) is 6.19 Å². The zero-order chi connectivity index (χ0) is 16.5. The van der Waals surface area contributed by atoms with Crippen LogP contribution in [0.1, 0.15) is 15.9 Å². The third-order valence-electron chi connectivity index (χ3n) is 3.01. The molecular formula is C17H16N4OS. The van der Waals surface area contributed by atoms with Gasteiger partial charge in [0.15, 0.2) is 11.4 Å². The maximum absolute atomic E-state index is 12.1. The van der Waals surface area contributed by atoms with E-state index >= 15 is 0 Å². The van der Waals surface area contributed by atoms with Gasteiger partial charge in [-0.25, -0.2) is 4.99 Å². The van der Waals surface area contributed by atoms with Gasteiger partial charge in [0.05, 0.1) is 5.69 Å². The molecule has 0 saturated carbocycles. The van der Waals surface area contributed by atoms with Crippen LogP contribution >= 0.6 is 11.8 Å². The van der Waals surface area contributed by atoms with Crippen LogP contribution in [0.15, 0.2) is 59.6 Å². The van der Waals surface area contributed by atoms with E-state index in [-0.39, 0.29) is 5.91 Å². The summed E-state index contributed by atoms with van der Waals surface area (Å²) in [5, 5.41) is 14.5. The maximum Gasteiger partial charge on any atom is 0.251 e. The number of nitrogens with zero attached hydrogens (tertiary/aromatic N) is 2. The molecule has 2 aromatic carbocycles. The maximum atomic E-state index is 12.1. The standard InChI is InChI=1S/C17H16N4OS/c1-23-17(20-12-18)21-15-9-7-14(8-10-15)16(22)19-11-13-5-3-2-4-6-13/h2-10H,11H2,1H3,(H,19,22)(H,20,21). The zero-order valence-electron chi connectivity index (χ0n) is 12.6. The Labute approximate surface area is 139 Å². The Hall–Kier alpha value is -2.78. The highest BCUT2D eigenvalue weighted by Gasteiger charge is 2.05. The normalized spacial score (nSPS) is 10.7. The van der Waals surface area contributed by atoms with E-state index in [1.807, 2.05) is 42.8 Å². The molecule has 0 unspecified atom stereocenters. The third-order valence-corrected chi connectivity index (χ3v) is 3.59. The molecule has 23 heavy (non-hydrogen) atoms. The molecule has 0 spiro atoms. The fraction of sp³-hybridized carbons (Fsp3) is 0.118. The molecule has 116 valence electrons. The number of amides is 1. The average molecular weight is 324 g/mol. The summed E-state index contributed by atoms with van der Waals surface area (Å²) in [6, 6.07) is 16.6. The molecule has 0 bridgehead atoms. The number of carbonyl (C=O) groups excluding carboxylic acids is 1. The van der Waals surface area contributed by atoms with Crippen molar-refractivity contribution in [1.29, 1.82) is 5.26 Å². The predicted octanol–water partition coefficient (Wildman–Crippen LogP) is 3.04. The molecule has 0 fully saturated rings. The van der Waals surface area contributed by atoms with Crippen molar-refractivity contribution in [2.75, 3.05) is 6.26 Å². The van der Waals surface area contributed by atoms with Crippen molar-refractivity contribution in [3.63, 3.8) is 0 Å². The fourth-order valence-corrected chi connectivity index (χ4v) is 2.20. The number of aliphatic imine (C=N–C) groups is 1. The predicted molar refractivity (Wildman–Crippen MR) is 93.4 cm³/mol. The summed E-state index contributed by atoms with van der Waals surface area (Å²) < 4.78 is 0. The van der Waals surface area contributed by atoms with Crippen LogP contribution in [0, 0.1) is 11.5 Å². The Bertz CT molecular complexity index is 721. The lowest BCUT2D eigenvalue weighted by atomic mass is 10.2. The molecule has 1 amide bonds. The number of benzene rings is 2. The van der Waals surface area contributed by atoms with Crippen LogP contribution in [-0.4, -0.2) is 17.3 Å². The lowest BCUT2D eigenvalue weighted by Gasteiger charge is -2.06. The van der Waals surface area contributed by atoms with E-state index in [0.717, 1.165) is 5.56 Å². The first kappa shape index (κ1) is 16.6. The monoisotopic (exact) mass is 324 g/mol. The largest absolute Gasteiger partial charge is 0.348 e. The zero-order valence-corrected chi connectivity index (χ0v) is 13.4. The number of thioether (sulfide) groups is 1. The topological polar surface area (TPSA) is 77.3 Å². The van der Waals surface area contributed by atoms with Crippen molar-refractivity contribution in [2.45, 2.75) is 6.54 Å². The van der Waals surface area contributed by atoms with E-state index in [9.17, 15) is 4.79 Å². The third kappa shape index (κ3) is 5.16. The second-order valence-corrected chi connectivity index (χ2v) is 5.37. The molecule has 0 heterocycles. The summed E-state index contributed by atoms with van der Waals surface area (Å²) in [7, 11) is 0. The number of hydrogen-bond donors (Lipinski definition) is 2. The average Bonchev–Trinajstić information content (AvgIpc) is 2.60. The Morgan fingerprint density at radius 2 is 1.87 bits per heavy atom. The number of rotatable bonds is 4. The van der Waals surface area contributed by atoms with Crippen molar-refractivity contribution in [3.05, 3.63) is 65.7 Å². The van der Waals surface area contributed by atoms with E-state index in [1.165, 1.54) is 11.8 Å². The van der Waals surface area contributed by atoms with Gasteiger partial charge >= 0.3 is 0 Å². The molecule has 0 aromatic heterocycles. The minimum absolute atomic E-state index is 0.135. The minimum Gasteiger partial charge on any atom is -0.348 e. The second kappa shape index (κ2) is 8.61. The summed E-state index contributed by atoms with van der Waals surface area (Å²) in [6.07, 6.45) is 3.66. The molecule has 0 aliphatic heterocycles. The Morgan fingerprint density at radius 3 is 2.48 bits per heavy atom.